The van der Waals surface area contributed by atoms with Gasteiger partial charge < -0.3 is 9.80 Å². The van der Waals surface area contributed by atoms with Gasteiger partial charge in [-0.15, -0.1) is 0 Å². The van der Waals surface area contributed by atoms with Gasteiger partial charge in [0.1, 0.15) is 6.04 Å². The van der Waals surface area contributed by atoms with Crippen molar-refractivity contribution in [3.05, 3.63) is 29.8 Å². The predicted molar refractivity (Wildman–Crippen MR) is 106 cm³/mol. The number of likely N-dealkylation sites (N-methyl/N-ethyl adjacent to an activating group) is 1. The number of amides is 2. The highest BCUT2D eigenvalue weighted by molar-refractivity contribution is 7.89. The summed E-state index contributed by atoms with van der Waals surface area (Å²) in [6.45, 7) is 3.74. The van der Waals surface area contributed by atoms with E-state index in [0.717, 1.165) is 19.3 Å². The summed E-state index contributed by atoms with van der Waals surface area (Å²) < 4.78 is 27.2. The van der Waals surface area contributed by atoms with Crippen molar-refractivity contribution in [2.24, 2.45) is 5.92 Å². The van der Waals surface area contributed by atoms with Crippen molar-refractivity contribution in [1.82, 2.24) is 14.1 Å². The first-order valence-electron chi connectivity index (χ1n) is 9.84. The van der Waals surface area contributed by atoms with E-state index in [2.05, 4.69) is 6.92 Å². The number of hydrogen-bond donors (Lipinski definition) is 0. The van der Waals surface area contributed by atoms with E-state index in [4.69, 9.17) is 0 Å². The molecule has 2 aliphatic heterocycles. The van der Waals surface area contributed by atoms with E-state index in [1.165, 1.54) is 21.3 Å². The van der Waals surface area contributed by atoms with Crippen molar-refractivity contribution in [3.63, 3.8) is 0 Å². The molecule has 0 aromatic heterocycles. The second-order valence-electron chi connectivity index (χ2n) is 8.00. The van der Waals surface area contributed by atoms with Crippen LogP contribution >= 0.6 is 0 Å². The SMILES string of the molecule is CC1CCN(S(=O)(=O)c2ccc(C(=O)N3CCC[C@H]3C(=O)N(C)C)cc2)CC1. The summed E-state index contributed by atoms with van der Waals surface area (Å²) in [4.78, 5) is 28.5. The molecule has 2 heterocycles. The number of benzene rings is 1. The number of rotatable bonds is 4. The molecule has 0 bridgehead atoms. The van der Waals surface area contributed by atoms with Crippen LogP contribution in [0, 0.1) is 5.92 Å². The molecule has 2 amide bonds. The van der Waals surface area contributed by atoms with Crippen LogP contribution in [0.4, 0.5) is 0 Å². The Morgan fingerprint density at radius 1 is 1.00 bits per heavy atom. The Morgan fingerprint density at radius 2 is 1.61 bits per heavy atom. The monoisotopic (exact) mass is 407 g/mol. The van der Waals surface area contributed by atoms with E-state index in [-0.39, 0.29) is 16.7 Å². The molecule has 154 valence electrons. The fourth-order valence-electron chi connectivity index (χ4n) is 3.87. The van der Waals surface area contributed by atoms with Crippen LogP contribution in [0.1, 0.15) is 43.0 Å². The fraction of sp³-hybridized carbons (Fsp3) is 0.600. The lowest BCUT2D eigenvalue weighted by atomic mass is 10.0. The van der Waals surface area contributed by atoms with E-state index in [1.807, 2.05) is 0 Å². The van der Waals surface area contributed by atoms with Gasteiger partial charge in [0.2, 0.25) is 15.9 Å². The third-order valence-corrected chi connectivity index (χ3v) is 7.63. The summed E-state index contributed by atoms with van der Waals surface area (Å²) in [6, 6.07) is 5.66. The van der Waals surface area contributed by atoms with Gasteiger partial charge in [-0.1, -0.05) is 6.92 Å². The summed E-state index contributed by atoms with van der Waals surface area (Å²) in [5, 5.41) is 0. The van der Waals surface area contributed by atoms with E-state index < -0.39 is 16.1 Å². The fourth-order valence-corrected chi connectivity index (χ4v) is 5.34. The second kappa shape index (κ2) is 8.21. The van der Waals surface area contributed by atoms with Crippen molar-refractivity contribution in [3.8, 4) is 0 Å². The zero-order valence-corrected chi connectivity index (χ0v) is 17.6. The molecule has 0 aliphatic carbocycles. The molecule has 1 atom stereocenters. The largest absolute Gasteiger partial charge is 0.347 e. The molecule has 0 radical (unpaired) electrons. The summed E-state index contributed by atoms with van der Waals surface area (Å²) in [7, 11) is -0.165. The van der Waals surface area contributed by atoms with Crippen molar-refractivity contribution in [2.45, 2.75) is 43.5 Å². The van der Waals surface area contributed by atoms with Gasteiger partial charge in [0.15, 0.2) is 0 Å². The van der Waals surface area contributed by atoms with Crippen LogP contribution in [0.3, 0.4) is 0 Å². The molecule has 2 aliphatic rings. The molecule has 28 heavy (non-hydrogen) atoms. The molecule has 1 aromatic carbocycles. The number of carbonyl (C=O) groups is 2. The maximum absolute atomic E-state index is 12.9. The molecule has 2 saturated heterocycles. The average molecular weight is 408 g/mol. The lowest BCUT2D eigenvalue weighted by Crippen LogP contribution is -2.45. The summed E-state index contributed by atoms with van der Waals surface area (Å²) in [5.41, 5.74) is 0.407. The van der Waals surface area contributed by atoms with Gasteiger partial charge in [0.25, 0.3) is 5.91 Å². The van der Waals surface area contributed by atoms with Gasteiger partial charge in [-0.05, 0) is 55.9 Å². The molecule has 0 N–H and O–H groups in total. The minimum atomic E-state index is -3.53. The van der Waals surface area contributed by atoms with Crippen LogP contribution in [-0.4, -0.2) is 74.1 Å². The van der Waals surface area contributed by atoms with Gasteiger partial charge >= 0.3 is 0 Å². The van der Waals surface area contributed by atoms with E-state index >= 15 is 0 Å². The zero-order valence-electron chi connectivity index (χ0n) is 16.8. The molecule has 8 heteroatoms. The molecule has 2 fully saturated rings. The number of nitrogens with zero attached hydrogens (tertiary/aromatic N) is 3. The summed E-state index contributed by atoms with van der Waals surface area (Å²) >= 11 is 0. The number of piperidine rings is 1. The minimum absolute atomic E-state index is 0.0793. The number of sulfonamides is 1. The smallest absolute Gasteiger partial charge is 0.254 e. The molecular weight excluding hydrogens is 378 g/mol. The van der Waals surface area contributed by atoms with Crippen LogP contribution in [-0.2, 0) is 14.8 Å². The first-order valence-corrected chi connectivity index (χ1v) is 11.3. The number of hydrogen-bond acceptors (Lipinski definition) is 4. The Balaban J connectivity index is 1.75. The molecule has 0 unspecified atom stereocenters. The standard InChI is InChI=1S/C20H29N3O4S/c1-15-10-13-22(14-11-15)28(26,27)17-8-6-16(7-9-17)19(24)23-12-4-5-18(23)20(25)21(2)3/h6-9,15,18H,4-5,10-14H2,1-3H3/t18-/m0/s1. The van der Waals surface area contributed by atoms with Crippen molar-refractivity contribution in [1.29, 1.82) is 0 Å². The van der Waals surface area contributed by atoms with E-state index in [1.54, 1.807) is 31.1 Å². The first-order chi connectivity index (χ1) is 13.2. The lowest BCUT2D eigenvalue weighted by Gasteiger charge is -2.29. The van der Waals surface area contributed by atoms with Gasteiger partial charge in [-0.3, -0.25) is 9.59 Å². The topological polar surface area (TPSA) is 78.0 Å². The maximum Gasteiger partial charge on any atom is 0.254 e. The third kappa shape index (κ3) is 4.07. The highest BCUT2D eigenvalue weighted by atomic mass is 32.2. The molecule has 1 aromatic rings. The van der Waals surface area contributed by atoms with Crippen LogP contribution in [0.25, 0.3) is 0 Å². The van der Waals surface area contributed by atoms with Gasteiger partial charge in [0.05, 0.1) is 4.90 Å². The molecule has 0 spiro atoms. The Labute approximate surface area is 167 Å². The number of likely N-dealkylation sites (tertiary alicyclic amines) is 1. The lowest BCUT2D eigenvalue weighted by molar-refractivity contribution is -0.132. The predicted octanol–water partition coefficient (Wildman–Crippen LogP) is 1.80. The Kier molecular flexibility index (Phi) is 6.09. The minimum Gasteiger partial charge on any atom is -0.347 e. The van der Waals surface area contributed by atoms with Gasteiger partial charge in [-0.2, -0.15) is 4.31 Å². The Hall–Kier alpha value is -1.93. The quantitative estimate of drug-likeness (QED) is 0.763. The van der Waals surface area contributed by atoms with Crippen LogP contribution in [0.15, 0.2) is 29.2 Å². The zero-order chi connectivity index (χ0) is 20.5. The second-order valence-corrected chi connectivity index (χ2v) is 9.94. The van der Waals surface area contributed by atoms with Gasteiger partial charge in [0, 0.05) is 39.3 Å². The average Bonchev–Trinajstić information content (AvgIpc) is 3.16. The number of carbonyl (C=O) groups excluding carboxylic acids is 2. The van der Waals surface area contributed by atoms with Crippen LogP contribution in [0.5, 0.6) is 0 Å². The van der Waals surface area contributed by atoms with Crippen molar-refractivity contribution in [2.75, 3.05) is 33.7 Å². The van der Waals surface area contributed by atoms with Crippen molar-refractivity contribution < 1.29 is 18.0 Å². The van der Waals surface area contributed by atoms with Crippen LogP contribution < -0.4 is 0 Å². The molecular formula is C20H29N3O4S. The van der Waals surface area contributed by atoms with E-state index in [9.17, 15) is 18.0 Å². The Morgan fingerprint density at radius 3 is 2.18 bits per heavy atom. The Bertz CT molecular complexity index is 828. The van der Waals surface area contributed by atoms with E-state index in [0.29, 0.717) is 37.5 Å². The van der Waals surface area contributed by atoms with Crippen LogP contribution in [0.2, 0.25) is 0 Å². The van der Waals surface area contributed by atoms with Crippen molar-refractivity contribution >= 4 is 21.8 Å². The summed E-state index contributed by atoms with van der Waals surface area (Å²) in [5.74, 6) is 0.238. The summed E-state index contributed by atoms with van der Waals surface area (Å²) in [6.07, 6.45) is 3.18. The normalized spacial score (nSPS) is 21.7. The third-order valence-electron chi connectivity index (χ3n) is 5.72. The highest BCUT2D eigenvalue weighted by Crippen LogP contribution is 2.25. The maximum atomic E-state index is 12.9. The molecule has 7 nitrogen and oxygen atoms in total. The molecule has 3 rings (SSSR count). The molecule has 0 saturated carbocycles. The first kappa shape index (κ1) is 20.8. The van der Waals surface area contributed by atoms with Gasteiger partial charge in [-0.25, -0.2) is 8.42 Å². The highest BCUT2D eigenvalue weighted by Gasteiger charge is 2.35.